The molecule has 0 amide bonds. The Kier molecular flexibility index (Phi) is 4.76. The predicted octanol–water partition coefficient (Wildman–Crippen LogP) is 1.25. The smallest absolute Gasteiger partial charge is 0.185 e. The van der Waals surface area contributed by atoms with Crippen LogP contribution in [0, 0.1) is 5.92 Å². The van der Waals surface area contributed by atoms with Crippen LogP contribution in [0.25, 0.3) is 0 Å². The third kappa shape index (κ3) is 3.66. The van der Waals surface area contributed by atoms with E-state index >= 15 is 0 Å². The minimum absolute atomic E-state index is 0.645. The third-order valence-corrected chi connectivity index (χ3v) is 4.23. The summed E-state index contributed by atoms with van der Waals surface area (Å²) >= 11 is 1.73. The molecule has 96 valence electrons. The number of rotatable bonds is 5. The van der Waals surface area contributed by atoms with E-state index < -0.39 is 0 Å². The molecule has 4 nitrogen and oxygen atoms in total. The van der Waals surface area contributed by atoms with Gasteiger partial charge >= 0.3 is 0 Å². The molecule has 0 bridgehead atoms. The zero-order chi connectivity index (χ0) is 12.1. The van der Waals surface area contributed by atoms with Crippen molar-refractivity contribution in [3.63, 3.8) is 0 Å². The Labute approximate surface area is 107 Å². The maximum atomic E-state index is 5.64. The molecule has 1 aliphatic heterocycles. The molecular formula is C12H22N4S. The molecule has 1 fully saturated rings. The summed E-state index contributed by atoms with van der Waals surface area (Å²) in [5, 5.41) is 3.21. The second-order valence-corrected chi connectivity index (χ2v) is 5.65. The van der Waals surface area contributed by atoms with Crippen LogP contribution in [-0.2, 0) is 0 Å². The summed E-state index contributed by atoms with van der Waals surface area (Å²) in [6.07, 6.45) is 3.10. The van der Waals surface area contributed by atoms with Crippen molar-refractivity contribution in [2.45, 2.75) is 13.3 Å². The summed E-state index contributed by atoms with van der Waals surface area (Å²) in [6, 6.07) is 0. The van der Waals surface area contributed by atoms with Crippen LogP contribution in [0.1, 0.15) is 13.3 Å². The van der Waals surface area contributed by atoms with Gasteiger partial charge in [0, 0.05) is 37.8 Å². The minimum Gasteiger partial charge on any atom is -0.346 e. The molecule has 0 aromatic carbocycles. The van der Waals surface area contributed by atoms with Gasteiger partial charge in [0.05, 0.1) is 0 Å². The zero-order valence-corrected chi connectivity index (χ0v) is 11.3. The van der Waals surface area contributed by atoms with Gasteiger partial charge in [0.1, 0.15) is 0 Å². The number of thiazole rings is 1. The molecule has 2 rings (SSSR count). The Bertz CT molecular complexity index is 306. The van der Waals surface area contributed by atoms with Crippen molar-refractivity contribution < 1.29 is 0 Å². The van der Waals surface area contributed by atoms with Crippen LogP contribution in [0.3, 0.4) is 0 Å². The fourth-order valence-electron chi connectivity index (χ4n) is 2.06. The van der Waals surface area contributed by atoms with Crippen LogP contribution in [0.4, 0.5) is 5.13 Å². The molecular weight excluding hydrogens is 232 g/mol. The molecule has 1 aromatic rings. The van der Waals surface area contributed by atoms with Gasteiger partial charge in [0.15, 0.2) is 5.13 Å². The van der Waals surface area contributed by atoms with Gasteiger partial charge in [-0.1, -0.05) is 6.92 Å². The molecule has 1 saturated heterocycles. The van der Waals surface area contributed by atoms with Gasteiger partial charge < -0.3 is 10.6 Å². The molecule has 0 aliphatic carbocycles. The third-order valence-electron chi connectivity index (χ3n) is 3.40. The number of hydrogen-bond acceptors (Lipinski definition) is 5. The fourth-order valence-corrected chi connectivity index (χ4v) is 2.75. The van der Waals surface area contributed by atoms with Gasteiger partial charge in [-0.15, -0.1) is 11.3 Å². The topological polar surface area (TPSA) is 45.4 Å². The molecule has 0 radical (unpaired) electrons. The molecule has 2 N–H and O–H groups in total. The highest BCUT2D eigenvalue weighted by atomic mass is 32.1. The molecule has 1 aliphatic rings. The van der Waals surface area contributed by atoms with Gasteiger partial charge in [-0.3, -0.25) is 4.90 Å². The molecule has 17 heavy (non-hydrogen) atoms. The van der Waals surface area contributed by atoms with E-state index in [4.69, 9.17) is 5.73 Å². The second kappa shape index (κ2) is 6.33. The van der Waals surface area contributed by atoms with E-state index in [2.05, 4.69) is 21.7 Å². The normalized spacial score (nSPS) is 19.5. The highest BCUT2D eigenvalue weighted by Crippen LogP contribution is 2.19. The number of nitrogens with zero attached hydrogens (tertiary/aromatic N) is 3. The number of aromatic nitrogens is 1. The van der Waals surface area contributed by atoms with Gasteiger partial charge in [0.2, 0.25) is 0 Å². The SMILES string of the molecule is CC(CN)CCN1CCN(c2nccs2)CC1. The Morgan fingerprint density at radius 2 is 2.18 bits per heavy atom. The molecule has 0 spiro atoms. The molecule has 2 heterocycles. The first kappa shape index (κ1) is 12.8. The number of piperazine rings is 1. The number of hydrogen-bond donors (Lipinski definition) is 1. The first-order valence-corrected chi connectivity index (χ1v) is 7.24. The van der Waals surface area contributed by atoms with Crippen molar-refractivity contribution in [3.8, 4) is 0 Å². The van der Waals surface area contributed by atoms with Crippen molar-refractivity contribution in [2.24, 2.45) is 11.7 Å². The lowest BCUT2D eigenvalue weighted by molar-refractivity contribution is 0.242. The Balaban J connectivity index is 1.71. The second-order valence-electron chi connectivity index (χ2n) is 4.77. The van der Waals surface area contributed by atoms with Crippen molar-refractivity contribution in [2.75, 3.05) is 44.2 Å². The van der Waals surface area contributed by atoms with Crippen LogP contribution < -0.4 is 10.6 Å². The van der Waals surface area contributed by atoms with Crippen LogP contribution in [-0.4, -0.2) is 49.2 Å². The molecule has 5 heteroatoms. The average Bonchev–Trinajstić information content (AvgIpc) is 2.90. The maximum Gasteiger partial charge on any atom is 0.185 e. The highest BCUT2D eigenvalue weighted by Gasteiger charge is 2.18. The van der Waals surface area contributed by atoms with Crippen LogP contribution in [0.2, 0.25) is 0 Å². The highest BCUT2D eigenvalue weighted by molar-refractivity contribution is 7.13. The lowest BCUT2D eigenvalue weighted by Crippen LogP contribution is -2.46. The molecule has 0 saturated carbocycles. The predicted molar refractivity (Wildman–Crippen MR) is 73.6 cm³/mol. The Morgan fingerprint density at radius 1 is 1.41 bits per heavy atom. The molecule has 1 unspecified atom stereocenters. The first-order chi connectivity index (χ1) is 8.29. The van der Waals surface area contributed by atoms with E-state index in [9.17, 15) is 0 Å². The lowest BCUT2D eigenvalue weighted by Gasteiger charge is -2.34. The van der Waals surface area contributed by atoms with Crippen LogP contribution >= 0.6 is 11.3 Å². The average molecular weight is 254 g/mol. The Hall–Kier alpha value is -0.650. The van der Waals surface area contributed by atoms with Crippen LogP contribution in [0.15, 0.2) is 11.6 Å². The monoisotopic (exact) mass is 254 g/mol. The van der Waals surface area contributed by atoms with Gasteiger partial charge in [-0.2, -0.15) is 0 Å². The van der Waals surface area contributed by atoms with E-state index in [0.717, 1.165) is 32.7 Å². The van der Waals surface area contributed by atoms with Crippen molar-refractivity contribution in [3.05, 3.63) is 11.6 Å². The maximum absolute atomic E-state index is 5.64. The number of nitrogens with two attached hydrogens (primary N) is 1. The Morgan fingerprint density at radius 3 is 2.76 bits per heavy atom. The van der Waals surface area contributed by atoms with Crippen molar-refractivity contribution >= 4 is 16.5 Å². The standard InChI is InChI=1S/C12H22N4S/c1-11(10-13)2-4-15-5-7-16(8-6-15)12-14-3-9-17-12/h3,9,11H,2,4-8,10,13H2,1H3. The van der Waals surface area contributed by atoms with Gasteiger partial charge in [-0.25, -0.2) is 4.98 Å². The van der Waals surface area contributed by atoms with E-state index in [1.807, 2.05) is 11.6 Å². The zero-order valence-electron chi connectivity index (χ0n) is 10.5. The number of anilines is 1. The molecule has 1 atom stereocenters. The molecule has 1 aromatic heterocycles. The summed E-state index contributed by atoms with van der Waals surface area (Å²) < 4.78 is 0. The fraction of sp³-hybridized carbons (Fsp3) is 0.750. The summed E-state index contributed by atoms with van der Waals surface area (Å²) in [6.45, 7) is 8.72. The summed E-state index contributed by atoms with van der Waals surface area (Å²) in [7, 11) is 0. The summed E-state index contributed by atoms with van der Waals surface area (Å²) in [5.41, 5.74) is 5.64. The van der Waals surface area contributed by atoms with Crippen molar-refractivity contribution in [1.82, 2.24) is 9.88 Å². The minimum atomic E-state index is 0.645. The largest absolute Gasteiger partial charge is 0.346 e. The van der Waals surface area contributed by atoms with E-state index in [1.54, 1.807) is 11.3 Å². The van der Waals surface area contributed by atoms with E-state index in [1.165, 1.54) is 18.1 Å². The van der Waals surface area contributed by atoms with Gasteiger partial charge in [-0.05, 0) is 25.4 Å². The lowest BCUT2D eigenvalue weighted by atomic mass is 10.1. The summed E-state index contributed by atoms with van der Waals surface area (Å²) in [4.78, 5) is 9.28. The van der Waals surface area contributed by atoms with E-state index in [0.29, 0.717) is 5.92 Å². The summed E-state index contributed by atoms with van der Waals surface area (Å²) in [5.74, 6) is 0.645. The van der Waals surface area contributed by atoms with Crippen molar-refractivity contribution in [1.29, 1.82) is 0 Å². The first-order valence-electron chi connectivity index (χ1n) is 6.36. The van der Waals surface area contributed by atoms with E-state index in [-0.39, 0.29) is 0 Å². The quantitative estimate of drug-likeness (QED) is 0.859. The van der Waals surface area contributed by atoms with Crippen LogP contribution in [0.5, 0.6) is 0 Å². The van der Waals surface area contributed by atoms with Gasteiger partial charge in [0.25, 0.3) is 0 Å².